The molecule has 0 bridgehead atoms. The number of rotatable bonds is 4. The largest absolute Gasteiger partial charge is 0.477 e. The number of carbonyl (C=O) groups excluding carboxylic acids is 1. The van der Waals surface area contributed by atoms with Crippen LogP contribution >= 0.6 is 11.8 Å². The van der Waals surface area contributed by atoms with E-state index >= 15 is 0 Å². The third kappa shape index (κ3) is 2.64. The Balaban J connectivity index is 1.83. The Bertz CT molecular complexity index is 804. The molecule has 2 aliphatic rings. The van der Waals surface area contributed by atoms with E-state index in [2.05, 4.69) is 4.72 Å². The van der Waals surface area contributed by atoms with Gasteiger partial charge in [0.2, 0.25) is 15.9 Å². The minimum absolute atomic E-state index is 0.0473. The molecule has 2 N–H and O–H groups in total. The average molecular weight is 354 g/mol. The van der Waals surface area contributed by atoms with E-state index in [1.165, 1.54) is 23.9 Å². The molecule has 122 valence electrons. The predicted molar refractivity (Wildman–Crippen MR) is 84.0 cm³/mol. The summed E-state index contributed by atoms with van der Waals surface area (Å²) in [4.78, 5) is 24.8. The molecule has 0 radical (unpaired) electrons. The molecule has 2 unspecified atom stereocenters. The van der Waals surface area contributed by atoms with Crippen molar-refractivity contribution in [2.75, 3.05) is 5.75 Å². The Morgan fingerprint density at radius 1 is 1.35 bits per heavy atom. The van der Waals surface area contributed by atoms with Gasteiger partial charge >= 0.3 is 5.97 Å². The van der Waals surface area contributed by atoms with Crippen LogP contribution in [0.2, 0.25) is 0 Å². The average Bonchev–Trinajstić information content (AvgIpc) is 2.53. The molecule has 1 fully saturated rings. The molecule has 3 rings (SSSR count). The molecule has 1 aromatic carbocycles. The van der Waals surface area contributed by atoms with Gasteiger partial charge in [-0.15, -0.1) is 11.8 Å². The van der Waals surface area contributed by atoms with Crippen molar-refractivity contribution in [2.24, 2.45) is 0 Å². The van der Waals surface area contributed by atoms with Gasteiger partial charge in [-0.3, -0.25) is 9.69 Å². The minimum atomic E-state index is -3.83. The first-order valence-corrected chi connectivity index (χ1v) is 9.31. The summed E-state index contributed by atoms with van der Waals surface area (Å²) in [6.45, 7) is 1.65. The fourth-order valence-electron chi connectivity index (χ4n) is 2.59. The lowest BCUT2D eigenvalue weighted by Crippen LogP contribution is -2.70. The Morgan fingerprint density at radius 3 is 2.61 bits per heavy atom. The lowest BCUT2D eigenvalue weighted by molar-refractivity contribution is -0.148. The van der Waals surface area contributed by atoms with Gasteiger partial charge in [0, 0.05) is 5.75 Å². The summed E-state index contributed by atoms with van der Waals surface area (Å²) in [5.41, 5.74) is 0.547. The molecular formula is C14H14N2O5S2. The first kappa shape index (κ1) is 16.0. The Kier molecular flexibility index (Phi) is 3.95. The summed E-state index contributed by atoms with van der Waals surface area (Å²) in [6.07, 6.45) is 0. The topological polar surface area (TPSA) is 104 Å². The number of nitrogens with zero attached hydrogens (tertiary/aromatic N) is 1. The maximum atomic E-state index is 12.3. The Morgan fingerprint density at radius 2 is 2.00 bits per heavy atom. The maximum Gasteiger partial charge on any atom is 0.352 e. The number of carboxylic acid groups (broad SMARTS) is 1. The number of carbonyl (C=O) groups is 2. The van der Waals surface area contributed by atoms with Crippen LogP contribution < -0.4 is 4.72 Å². The van der Waals surface area contributed by atoms with Gasteiger partial charge in [0.05, 0.1) is 4.90 Å². The molecule has 0 aromatic heterocycles. The van der Waals surface area contributed by atoms with E-state index in [1.54, 1.807) is 25.1 Å². The number of carboxylic acids is 1. The SMILES string of the molecule is CC1=C(C(=O)O)N2C(=O)C(NS(=O)(=O)c3ccccc3)C2SC1. The van der Waals surface area contributed by atoms with Crippen LogP contribution in [0, 0.1) is 0 Å². The summed E-state index contributed by atoms with van der Waals surface area (Å²) in [7, 11) is -3.83. The number of aliphatic carboxylic acids is 1. The molecular weight excluding hydrogens is 340 g/mol. The fraction of sp³-hybridized carbons (Fsp3) is 0.286. The van der Waals surface area contributed by atoms with Crippen molar-refractivity contribution in [1.82, 2.24) is 9.62 Å². The predicted octanol–water partition coefficient (Wildman–Crippen LogP) is 0.607. The molecule has 0 saturated carbocycles. The van der Waals surface area contributed by atoms with E-state index in [9.17, 15) is 23.1 Å². The summed E-state index contributed by atoms with van der Waals surface area (Å²) in [5.74, 6) is -1.27. The highest BCUT2D eigenvalue weighted by Gasteiger charge is 2.54. The summed E-state index contributed by atoms with van der Waals surface area (Å²) in [5, 5.41) is 8.71. The highest BCUT2D eigenvalue weighted by molar-refractivity contribution is 8.00. The molecule has 0 aliphatic carbocycles. The second-order valence-electron chi connectivity index (χ2n) is 5.26. The number of amides is 1. The summed E-state index contributed by atoms with van der Waals surface area (Å²) < 4.78 is 27.0. The standard InChI is InChI=1S/C14H14N2O5S2/c1-8-7-22-13-10(12(17)16(13)11(8)14(18)19)15-23(20,21)9-5-3-2-4-6-9/h2-6,10,13,15H,7H2,1H3,(H,18,19). The molecule has 1 amide bonds. The van der Waals surface area contributed by atoms with Crippen molar-refractivity contribution in [3.05, 3.63) is 41.6 Å². The molecule has 2 atom stereocenters. The monoisotopic (exact) mass is 354 g/mol. The zero-order chi connectivity index (χ0) is 16.8. The van der Waals surface area contributed by atoms with Gasteiger partial charge in [0.25, 0.3) is 0 Å². The van der Waals surface area contributed by atoms with Gasteiger partial charge in [0.15, 0.2) is 0 Å². The van der Waals surface area contributed by atoms with Gasteiger partial charge in [-0.2, -0.15) is 4.72 Å². The molecule has 9 heteroatoms. The highest BCUT2D eigenvalue weighted by Crippen LogP contribution is 2.40. The summed E-state index contributed by atoms with van der Waals surface area (Å²) in [6, 6.07) is 6.79. The van der Waals surface area contributed by atoms with E-state index in [4.69, 9.17) is 0 Å². The van der Waals surface area contributed by atoms with Crippen molar-refractivity contribution in [3.63, 3.8) is 0 Å². The maximum absolute atomic E-state index is 12.3. The number of fused-ring (bicyclic) bond motifs is 1. The number of hydrogen-bond donors (Lipinski definition) is 2. The lowest BCUT2D eigenvalue weighted by atomic mass is 10.0. The minimum Gasteiger partial charge on any atom is -0.477 e. The van der Waals surface area contributed by atoms with Crippen molar-refractivity contribution < 1.29 is 23.1 Å². The molecule has 0 spiro atoms. The molecule has 1 saturated heterocycles. The van der Waals surface area contributed by atoms with E-state index in [-0.39, 0.29) is 10.6 Å². The van der Waals surface area contributed by atoms with Crippen LogP contribution in [0.3, 0.4) is 0 Å². The van der Waals surface area contributed by atoms with Crippen LogP contribution in [0.15, 0.2) is 46.5 Å². The van der Waals surface area contributed by atoms with Crippen LogP contribution in [0.1, 0.15) is 6.92 Å². The third-order valence-corrected chi connectivity index (χ3v) is 6.58. The second-order valence-corrected chi connectivity index (χ2v) is 8.07. The molecule has 1 aromatic rings. The lowest BCUT2D eigenvalue weighted by Gasteiger charge is -2.49. The zero-order valence-electron chi connectivity index (χ0n) is 12.1. The van der Waals surface area contributed by atoms with Gasteiger partial charge in [-0.05, 0) is 24.6 Å². The Labute approximate surface area is 137 Å². The van der Waals surface area contributed by atoms with Gasteiger partial charge in [-0.1, -0.05) is 18.2 Å². The van der Waals surface area contributed by atoms with Gasteiger partial charge in [0.1, 0.15) is 17.1 Å². The molecule has 2 heterocycles. The van der Waals surface area contributed by atoms with Gasteiger partial charge in [-0.25, -0.2) is 13.2 Å². The van der Waals surface area contributed by atoms with Crippen molar-refractivity contribution in [1.29, 1.82) is 0 Å². The number of hydrogen-bond acceptors (Lipinski definition) is 5. The first-order chi connectivity index (χ1) is 10.8. The zero-order valence-corrected chi connectivity index (χ0v) is 13.7. The molecule has 2 aliphatic heterocycles. The number of thioether (sulfide) groups is 1. The van der Waals surface area contributed by atoms with E-state index in [0.29, 0.717) is 11.3 Å². The number of benzene rings is 1. The number of β-lactam (4-membered cyclic amide) rings is 1. The van der Waals surface area contributed by atoms with Crippen molar-refractivity contribution in [3.8, 4) is 0 Å². The van der Waals surface area contributed by atoms with E-state index in [1.807, 2.05) is 0 Å². The normalized spacial score (nSPS) is 24.2. The van der Waals surface area contributed by atoms with Gasteiger partial charge < -0.3 is 5.11 Å². The van der Waals surface area contributed by atoms with E-state index in [0.717, 1.165) is 4.90 Å². The highest BCUT2D eigenvalue weighted by atomic mass is 32.2. The Hall–Kier alpha value is -1.84. The van der Waals surface area contributed by atoms with Crippen LogP contribution in [0.5, 0.6) is 0 Å². The third-order valence-electron chi connectivity index (χ3n) is 3.70. The van der Waals surface area contributed by atoms with E-state index < -0.39 is 33.3 Å². The second kappa shape index (κ2) is 5.66. The smallest absolute Gasteiger partial charge is 0.352 e. The van der Waals surface area contributed by atoms with Crippen molar-refractivity contribution >= 4 is 33.7 Å². The number of nitrogens with one attached hydrogen (secondary N) is 1. The first-order valence-electron chi connectivity index (χ1n) is 6.78. The van der Waals surface area contributed by atoms with Crippen LogP contribution in [0.25, 0.3) is 0 Å². The fourth-order valence-corrected chi connectivity index (χ4v) is 5.18. The molecule has 7 nitrogen and oxygen atoms in total. The number of sulfonamides is 1. The van der Waals surface area contributed by atoms with Crippen LogP contribution in [0.4, 0.5) is 0 Å². The summed E-state index contributed by atoms with van der Waals surface area (Å²) >= 11 is 1.35. The molecule has 23 heavy (non-hydrogen) atoms. The van der Waals surface area contributed by atoms with Crippen LogP contribution in [-0.2, 0) is 19.6 Å². The van der Waals surface area contributed by atoms with Crippen molar-refractivity contribution in [2.45, 2.75) is 23.2 Å². The van der Waals surface area contributed by atoms with Crippen LogP contribution in [-0.4, -0.2) is 47.5 Å². The quantitative estimate of drug-likeness (QED) is 0.768.